The van der Waals surface area contributed by atoms with Gasteiger partial charge in [-0.1, -0.05) is 48.5 Å². The van der Waals surface area contributed by atoms with Gasteiger partial charge >= 0.3 is 0 Å². The second-order valence-electron chi connectivity index (χ2n) is 5.60. The topological polar surface area (TPSA) is 64.3 Å². The summed E-state index contributed by atoms with van der Waals surface area (Å²) in [4.78, 5) is 12.2. The van der Waals surface area contributed by atoms with Gasteiger partial charge in [0.15, 0.2) is 15.3 Å². The van der Waals surface area contributed by atoms with Crippen LogP contribution in [0, 0.1) is 0 Å². The Bertz CT molecular complexity index is 1060. The first-order valence-corrected chi connectivity index (χ1v) is 9.50. The fourth-order valence-electron chi connectivity index (χ4n) is 2.33. The summed E-state index contributed by atoms with van der Waals surface area (Å²) >= 11 is 0. The van der Waals surface area contributed by atoms with Crippen molar-refractivity contribution in [2.75, 3.05) is 6.26 Å². The van der Waals surface area contributed by atoms with Crippen LogP contribution in [0.1, 0.15) is 11.3 Å². The molecule has 0 radical (unpaired) electrons. The number of rotatable bonds is 4. The van der Waals surface area contributed by atoms with Crippen molar-refractivity contribution in [1.29, 1.82) is 0 Å². The molecule has 126 valence electrons. The molecule has 0 aliphatic heterocycles. The lowest BCUT2D eigenvalue weighted by molar-refractivity contribution is 0.554. The lowest BCUT2D eigenvalue weighted by Gasteiger charge is -2.02. The molecule has 0 amide bonds. The lowest BCUT2D eigenvalue weighted by atomic mass is 10.1. The van der Waals surface area contributed by atoms with Crippen LogP contribution in [-0.4, -0.2) is 14.7 Å². The highest BCUT2D eigenvalue weighted by atomic mass is 32.2. The molecule has 0 saturated heterocycles. The van der Waals surface area contributed by atoms with Gasteiger partial charge in [-0.15, -0.1) is 0 Å². The zero-order valence-corrected chi connectivity index (χ0v) is 14.4. The maximum Gasteiger partial charge on any atom is 0.186 e. The molecule has 1 aromatic heterocycles. The molecule has 4 nitrogen and oxygen atoms in total. The van der Waals surface area contributed by atoms with Crippen LogP contribution in [0.15, 0.2) is 80.8 Å². The fourth-order valence-corrected chi connectivity index (χ4v) is 2.96. The van der Waals surface area contributed by atoms with Gasteiger partial charge in [-0.3, -0.25) is 4.79 Å². The van der Waals surface area contributed by atoms with Gasteiger partial charge in [-0.2, -0.15) is 0 Å². The lowest BCUT2D eigenvalue weighted by Crippen LogP contribution is -1.98. The minimum Gasteiger partial charge on any atom is -0.456 e. The summed E-state index contributed by atoms with van der Waals surface area (Å²) in [5.41, 5.74) is 1.49. The first kappa shape index (κ1) is 16.9. The van der Waals surface area contributed by atoms with Crippen LogP contribution in [-0.2, 0) is 9.84 Å². The van der Waals surface area contributed by atoms with Crippen molar-refractivity contribution < 1.29 is 12.8 Å². The molecule has 0 saturated carbocycles. The van der Waals surface area contributed by atoms with Gasteiger partial charge in [0.25, 0.3) is 0 Å². The van der Waals surface area contributed by atoms with E-state index in [2.05, 4.69) is 0 Å². The Hall–Kier alpha value is -2.92. The standard InChI is InChI=1S/C20H16O4S/c1-25(22,23)19-11-8-15(9-12-19)7-10-18-13-17(21)14-20(24-18)16-5-3-2-4-6-16/h2-14H,1H3/b10-7+. The molecule has 25 heavy (non-hydrogen) atoms. The van der Waals surface area contributed by atoms with Gasteiger partial charge in [-0.05, 0) is 23.8 Å². The second-order valence-corrected chi connectivity index (χ2v) is 7.62. The van der Waals surface area contributed by atoms with E-state index in [0.717, 1.165) is 11.1 Å². The van der Waals surface area contributed by atoms with Gasteiger partial charge in [0.2, 0.25) is 0 Å². The number of benzene rings is 2. The van der Waals surface area contributed by atoms with Crippen molar-refractivity contribution in [2.45, 2.75) is 4.90 Å². The minimum absolute atomic E-state index is 0.142. The summed E-state index contributed by atoms with van der Waals surface area (Å²) in [7, 11) is -3.21. The monoisotopic (exact) mass is 352 g/mol. The molecule has 0 aliphatic rings. The summed E-state index contributed by atoms with van der Waals surface area (Å²) in [5.74, 6) is 0.929. The summed E-state index contributed by atoms with van der Waals surface area (Å²) in [5, 5.41) is 0. The molecule has 0 N–H and O–H groups in total. The van der Waals surface area contributed by atoms with Gasteiger partial charge in [-0.25, -0.2) is 8.42 Å². The summed E-state index contributed by atoms with van der Waals surface area (Å²) in [6, 6.07) is 18.7. The Morgan fingerprint density at radius 3 is 2.20 bits per heavy atom. The van der Waals surface area contributed by atoms with E-state index in [0.29, 0.717) is 11.5 Å². The van der Waals surface area contributed by atoms with E-state index in [-0.39, 0.29) is 10.3 Å². The average Bonchev–Trinajstić information content (AvgIpc) is 2.60. The molecule has 0 spiro atoms. The first-order valence-electron chi connectivity index (χ1n) is 7.61. The molecule has 0 unspecified atom stereocenters. The molecular weight excluding hydrogens is 336 g/mol. The van der Waals surface area contributed by atoms with Crippen LogP contribution in [0.4, 0.5) is 0 Å². The Labute approximate surface area is 146 Å². The highest BCUT2D eigenvalue weighted by Crippen LogP contribution is 2.19. The molecule has 0 aliphatic carbocycles. The number of sulfone groups is 1. The minimum atomic E-state index is -3.21. The largest absolute Gasteiger partial charge is 0.456 e. The van der Waals surface area contributed by atoms with Gasteiger partial charge < -0.3 is 4.42 Å². The molecule has 1 heterocycles. The average molecular weight is 352 g/mol. The molecule has 5 heteroatoms. The zero-order chi connectivity index (χ0) is 17.9. The van der Waals surface area contributed by atoms with Crippen LogP contribution in [0.2, 0.25) is 0 Å². The Morgan fingerprint density at radius 2 is 1.56 bits per heavy atom. The predicted molar refractivity (Wildman–Crippen MR) is 98.9 cm³/mol. The Balaban J connectivity index is 1.89. The number of hydrogen-bond acceptors (Lipinski definition) is 4. The molecule has 0 bridgehead atoms. The van der Waals surface area contributed by atoms with E-state index < -0.39 is 9.84 Å². The SMILES string of the molecule is CS(=O)(=O)c1ccc(/C=C/c2cc(=O)cc(-c3ccccc3)o2)cc1. The fraction of sp³-hybridized carbons (Fsp3) is 0.0500. The van der Waals surface area contributed by atoms with Crippen LogP contribution >= 0.6 is 0 Å². The summed E-state index contributed by atoms with van der Waals surface area (Å²) < 4.78 is 28.7. The highest BCUT2D eigenvalue weighted by Gasteiger charge is 2.06. The van der Waals surface area contributed by atoms with Gasteiger partial charge in [0, 0.05) is 24.0 Å². The second kappa shape index (κ2) is 6.91. The van der Waals surface area contributed by atoms with E-state index in [1.165, 1.54) is 18.4 Å². The van der Waals surface area contributed by atoms with Crippen molar-refractivity contribution in [3.8, 4) is 11.3 Å². The quantitative estimate of drug-likeness (QED) is 0.715. The molecular formula is C20H16O4S. The zero-order valence-electron chi connectivity index (χ0n) is 13.5. The van der Waals surface area contributed by atoms with Gasteiger partial charge in [0.1, 0.15) is 11.5 Å². The van der Waals surface area contributed by atoms with E-state index in [1.54, 1.807) is 36.4 Å². The normalized spacial score (nSPS) is 11.7. The summed E-state index contributed by atoms with van der Waals surface area (Å²) in [6.07, 6.45) is 4.62. The Morgan fingerprint density at radius 1 is 0.880 bits per heavy atom. The first-order chi connectivity index (χ1) is 11.9. The van der Waals surface area contributed by atoms with E-state index in [4.69, 9.17) is 4.42 Å². The van der Waals surface area contributed by atoms with Gasteiger partial charge in [0.05, 0.1) is 4.90 Å². The van der Waals surface area contributed by atoms with E-state index in [1.807, 2.05) is 30.3 Å². The van der Waals surface area contributed by atoms with Crippen LogP contribution in [0.5, 0.6) is 0 Å². The van der Waals surface area contributed by atoms with E-state index >= 15 is 0 Å². The molecule has 0 atom stereocenters. The summed E-state index contributed by atoms with van der Waals surface area (Å²) in [6.45, 7) is 0. The van der Waals surface area contributed by atoms with Crippen molar-refractivity contribution in [3.05, 3.63) is 88.3 Å². The molecule has 0 fully saturated rings. The van der Waals surface area contributed by atoms with Crippen molar-refractivity contribution in [1.82, 2.24) is 0 Å². The molecule has 2 aromatic carbocycles. The maximum absolute atomic E-state index is 11.9. The third-order valence-corrected chi connectivity index (χ3v) is 4.72. The van der Waals surface area contributed by atoms with Crippen LogP contribution in [0.25, 0.3) is 23.5 Å². The smallest absolute Gasteiger partial charge is 0.186 e. The van der Waals surface area contributed by atoms with Crippen LogP contribution < -0.4 is 5.43 Å². The third kappa shape index (κ3) is 4.33. The molecule has 3 rings (SSSR count). The van der Waals surface area contributed by atoms with Crippen molar-refractivity contribution in [3.63, 3.8) is 0 Å². The third-order valence-electron chi connectivity index (χ3n) is 3.59. The Kier molecular flexibility index (Phi) is 4.67. The molecule has 3 aromatic rings. The van der Waals surface area contributed by atoms with E-state index in [9.17, 15) is 13.2 Å². The van der Waals surface area contributed by atoms with Crippen molar-refractivity contribution in [2.24, 2.45) is 0 Å². The highest BCUT2D eigenvalue weighted by molar-refractivity contribution is 7.90. The van der Waals surface area contributed by atoms with Crippen molar-refractivity contribution >= 4 is 22.0 Å². The predicted octanol–water partition coefficient (Wildman–Crippen LogP) is 3.88. The number of hydrogen-bond donors (Lipinski definition) is 0. The maximum atomic E-state index is 11.9. The van der Waals surface area contributed by atoms with Crippen LogP contribution in [0.3, 0.4) is 0 Å².